The van der Waals surface area contributed by atoms with Crippen molar-refractivity contribution in [1.82, 2.24) is 10.2 Å². The number of nitrogens with one attached hydrogen (secondary N) is 1. The van der Waals surface area contributed by atoms with Crippen LogP contribution in [0.3, 0.4) is 0 Å². The van der Waals surface area contributed by atoms with Gasteiger partial charge in [-0.1, -0.05) is 91.9 Å². The summed E-state index contributed by atoms with van der Waals surface area (Å²) in [5, 5.41) is 3.24. The lowest BCUT2D eigenvalue weighted by molar-refractivity contribution is -0.126. The molecule has 0 atom stereocenters. The number of benzene rings is 3. The van der Waals surface area contributed by atoms with Crippen LogP contribution in [-0.2, 0) is 17.8 Å². The van der Waals surface area contributed by atoms with E-state index in [1.54, 1.807) is 0 Å². The Morgan fingerprint density at radius 3 is 1.94 bits per heavy atom. The number of likely N-dealkylation sites (tertiary alicyclic amines) is 1. The van der Waals surface area contributed by atoms with Crippen LogP contribution < -0.4 is 5.32 Å². The van der Waals surface area contributed by atoms with Gasteiger partial charge in [-0.25, -0.2) is 0 Å². The molecule has 1 fully saturated rings. The molecule has 0 bridgehead atoms. The predicted molar refractivity (Wildman–Crippen MR) is 136 cm³/mol. The Kier molecular flexibility index (Phi) is 8.32. The third kappa shape index (κ3) is 6.55. The Morgan fingerprint density at radius 1 is 0.848 bits per heavy atom. The molecule has 1 amide bonds. The van der Waals surface area contributed by atoms with Gasteiger partial charge in [0.1, 0.15) is 0 Å². The van der Waals surface area contributed by atoms with E-state index < -0.39 is 0 Å². The predicted octanol–water partition coefficient (Wildman–Crippen LogP) is 5.80. The second kappa shape index (κ2) is 11.8. The highest BCUT2D eigenvalue weighted by Crippen LogP contribution is 2.27. The van der Waals surface area contributed by atoms with Crippen molar-refractivity contribution < 1.29 is 4.79 Å². The van der Waals surface area contributed by atoms with Gasteiger partial charge in [-0.3, -0.25) is 9.69 Å². The van der Waals surface area contributed by atoms with E-state index >= 15 is 0 Å². The number of amides is 1. The third-order valence-corrected chi connectivity index (χ3v) is 6.93. The molecule has 3 aromatic rings. The maximum atomic E-state index is 12.9. The fourth-order valence-corrected chi connectivity index (χ4v) is 4.87. The normalized spacial score (nSPS) is 15.0. The van der Waals surface area contributed by atoms with E-state index in [0.717, 1.165) is 45.3 Å². The number of carbonyl (C=O) groups is 1. The Morgan fingerprint density at radius 2 is 1.39 bits per heavy atom. The zero-order chi connectivity index (χ0) is 22.9. The van der Waals surface area contributed by atoms with Gasteiger partial charge < -0.3 is 5.32 Å². The summed E-state index contributed by atoms with van der Waals surface area (Å²) < 4.78 is 0. The zero-order valence-electron chi connectivity index (χ0n) is 19.7. The monoisotopic (exact) mass is 440 g/mol. The molecule has 0 unspecified atom stereocenters. The summed E-state index contributed by atoms with van der Waals surface area (Å²) in [7, 11) is 0. The van der Waals surface area contributed by atoms with Crippen molar-refractivity contribution in [2.75, 3.05) is 19.6 Å². The molecule has 1 aliphatic rings. The minimum absolute atomic E-state index is 0.135. The molecular formula is C30H36N2O. The van der Waals surface area contributed by atoms with E-state index in [-0.39, 0.29) is 11.8 Å². The van der Waals surface area contributed by atoms with Crippen molar-refractivity contribution >= 4 is 5.91 Å². The van der Waals surface area contributed by atoms with E-state index in [9.17, 15) is 4.79 Å². The molecule has 1 N–H and O–H groups in total. The average Bonchev–Trinajstić information content (AvgIpc) is 2.88. The summed E-state index contributed by atoms with van der Waals surface area (Å²) in [5.41, 5.74) is 5.36. The Hall–Kier alpha value is -2.91. The molecule has 0 aromatic heterocycles. The molecule has 0 spiro atoms. The number of carbonyl (C=O) groups excluding carboxylic acids is 1. The molecule has 33 heavy (non-hydrogen) atoms. The van der Waals surface area contributed by atoms with Gasteiger partial charge in [0, 0.05) is 24.9 Å². The molecule has 4 rings (SSSR count). The summed E-state index contributed by atoms with van der Waals surface area (Å²) in [6.07, 6.45) is 3.88. The SMILES string of the molecule is CCc1ccc(CN2CCC(C(=O)NCCC(c3ccccc3)c3ccccc3)CC2)cc1. The van der Waals surface area contributed by atoms with Gasteiger partial charge in [0.05, 0.1) is 0 Å². The molecule has 3 aromatic carbocycles. The first-order valence-electron chi connectivity index (χ1n) is 12.4. The molecule has 3 nitrogen and oxygen atoms in total. The van der Waals surface area contributed by atoms with Gasteiger partial charge in [-0.05, 0) is 61.0 Å². The third-order valence-electron chi connectivity index (χ3n) is 6.93. The highest BCUT2D eigenvalue weighted by Gasteiger charge is 2.25. The maximum Gasteiger partial charge on any atom is 0.223 e. The summed E-state index contributed by atoms with van der Waals surface area (Å²) in [6.45, 7) is 5.86. The molecule has 1 saturated heterocycles. The quantitative estimate of drug-likeness (QED) is 0.456. The van der Waals surface area contributed by atoms with Crippen LogP contribution in [0.15, 0.2) is 84.9 Å². The lowest BCUT2D eigenvalue weighted by atomic mass is 9.88. The molecule has 1 aliphatic heterocycles. The number of piperidine rings is 1. The van der Waals surface area contributed by atoms with Crippen LogP contribution in [0.5, 0.6) is 0 Å². The fraction of sp³-hybridized carbons (Fsp3) is 0.367. The first-order valence-corrected chi connectivity index (χ1v) is 12.4. The standard InChI is InChI=1S/C30H36N2O/c1-2-24-13-15-25(16-14-24)23-32-21-18-28(19-22-32)30(33)31-20-17-29(26-9-5-3-6-10-26)27-11-7-4-8-12-27/h3-16,28-29H,2,17-23H2,1H3,(H,31,33). The van der Waals surface area contributed by atoms with Crippen molar-refractivity contribution in [3.05, 3.63) is 107 Å². The lowest BCUT2D eigenvalue weighted by Crippen LogP contribution is -2.40. The van der Waals surface area contributed by atoms with Crippen molar-refractivity contribution in [3.8, 4) is 0 Å². The summed E-state index contributed by atoms with van der Waals surface area (Å²) >= 11 is 0. The fourth-order valence-electron chi connectivity index (χ4n) is 4.87. The van der Waals surface area contributed by atoms with Gasteiger partial charge in [-0.2, -0.15) is 0 Å². The smallest absolute Gasteiger partial charge is 0.223 e. The first kappa shape index (κ1) is 23.3. The van der Waals surface area contributed by atoms with Crippen molar-refractivity contribution in [3.63, 3.8) is 0 Å². The maximum absolute atomic E-state index is 12.9. The van der Waals surface area contributed by atoms with E-state index in [2.05, 4.69) is 102 Å². The number of aryl methyl sites for hydroxylation is 1. The van der Waals surface area contributed by atoms with Gasteiger partial charge in [0.25, 0.3) is 0 Å². The zero-order valence-corrected chi connectivity index (χ0v) is 19.7. The summed E-state index contributed by atoms with van der Waals surface area (Å²) in [6, 6.07) is 30.2. The van der Waals surface area contributed by atoms with E-state index in [4.69, 9.17) is 0 Å². The second-order valence-corrected chi connectivity index (χ2v) is 9.17. The van der Waals surface area contributed by atoms with Crippen LogP contribution in [-0.4, -0.2) is 30.4 Å². The number of hydrogen-bond acceptors (Lipinski definition) is 2. The van der Waals surface area contributed by atoms with E-state index in [1.165, 1.54) is 22.3 Å². The highest BCUT2D eigenvalue weighted by molar-refractivity contribution is 5.78. The summed E-state index contributed by atoms with van der Waals surface area (Å²) in [5.74, 6) is 0.658. The van der Waals surface area contributed by atoms with Crippen molar-refractivity contribution in [2.24, 2.45) is 5.92 Å². The number of hydrogen-bond donors (Lipinski definition) is 1. The average molecular weight is 441 g/mol. The highest BCUT2D eigenvalue weighted by atomic mass is 16.1. The van der Waals surface area contributed by atoms with Gasteiger partial charge >= 0.3 is 0 Å². The summed E-state index contributed by atoms with van der Waals surface area (Å²) in [4.78, 5) is 15.3. The lowest BCUT2D eigenvalue weighted by Gasteiger charge is -2.31. The van der Waals surface area contributed by atoms with Gasteiger partial charge in [0.2, 0.25) is 5.91 Å². The van der Waals surface area contributed by atoms with Crippen LogP contribution in [0.1, 0.15) is 54.4 Å². The Balaban J connectivity index is 1.25. The largest absolute Gasteiger partial charge is 0.356 e. The topological polar surface area (TPSA) is 32.3 Å². The number of nitrogens with zero attached hydrogens (tertiary/aromatic N) is 1. The minimum Gasteiger partial charge on any atom is -0.356 e. The van der Waals surface area contributed by atoms with Crippen LogP contribution in [0.2, 0.25) is 0 Å². The van der Waals surface area contributed by atoms with Crippen LogP contribution >= 0.6 is 0 Å². The van der Waals surface area contributed by atoms with E-state index in [0.29, 0.717) is 12.5 Å². The van der Waals surface area contributed by atoms with Crippen molar-refractivity contribution in [1.29, 1.82) is 0 Å². The molecule has 0 radical (unpaired) electrons. The molecular weight excluding hydrogens is 404 g/mol. The van der Waals surface area contributed by atoms with Crippen LogP contribution in [0.25, 0.3) is 0 Å². The second-order valence-electron chi connectivity index (χ2n) is 9.17. The molecule has 3 heteroatoms. The van der Waals surface area contributed by atoms with Crippen molar-refractivity contribution in [2.45, 2.75) is 45.1 Å². The molecule has 0 aliphatic carbocycles. The molecule has 0 saturated carbocycles. The number of rotatable bonds is 9. The van der Waals surface area contributed by atoms with Gasteiger partial charge in [0.15, 0.2) is 0 Å². The van der Waals surface area contributed by atoms with Crippen LogP contribution in [0, 0.1) is 5.92 Å². The van der Waals surface area contributed by atoms with E-state index in [1.807, 2.05) is 0 Å². The minimum atomic E-state index is 0.135. The van der Waals surface area contributed by atoms with Crippen LogP contribution in [0.4, 0.5) is 0 Å². The first-order chi connectivity index (χ1) is 16.2. The molecule has 1 heterocycles. The Bertz CT molecular complexity index is 937. The van der Waals surface area contributed by atoms with Gasteiger partial charge in [-0.15, -0.1) is 0 Å². The Labute approximate surface area is 198 Å². The molecule has 172 valence electrons.